The minimum Gasteiger partial charge on any atom is -0.371 e. The maximum atomic E-state index is 11.4. The van der Waals surface area contributed by atoms with E-state index in [1.165, 1.54) is 6.20 Å². The van der Waals surface area contributed by atoms with Gasteiger partial charge in [0.25, 0.3) is 5.91 Å². The minimum atomic E-state index is -0.515. The van der Waals surface area contributed by atoms with Crippen LogP contribution in [0.4, 0.5) is 0 Å². The Kier molecular flexibility index (Phi) is 3.37. The first-order valence-electron chi connectivity index (χ1n) is 7.69. The van der Waals surface area contributed by atoms with Crippen molar-refractivity contribution in [3.05, 3.63) is 29.1 Å². The Morgan fingerprint density at radius 3 is 3.23 bits per heavy atom. The number of nitrogens with zero attached hydrogens (tertiary/aromatic N) is 2. The summed E-state index contributed by atoms with van der Waals surface area (Å²) in [6.07, 6.45) is 3.48. The molecule has 2 atom stereocenters. The third-order valence-electron chi connectivity index (χ3n) is 4.93. The number of morpholine rings is 1. The fraction of sp³-hybridized carbons (Fsp3) is 0.600. The van der Waals surface area contributed by atoms with E-state index in [4.69, 9.17) is 9.94 Å². The maximum Gasteiger partial charge on any atom is 0.276 e. The molecule has 1 aromatic heterocycles. The Bertz CT molecular complexity index is 598. The lowest BCUT2D eigenvalue weighted by atomic mass is 9.98. The van der Waals surface area contributed by atoms with Gasteiger partial charge in [0.1, 0.15) is 0 Å². The molecule has 3 aliphatic heterocycles. The van der Waals surface area contributed by atoms with Gasteiger partial charge in [0, 0.05) is 38.4 Å². The van der Waals surface area contributed by atoms with Gasteiger partial charge in [0.2, 0.25) is 0 Å². The molecule has 0 spiro atoms. The van der Waals surface area contributed by atoms with Crippen LogP contribution in [0.1, 0.15) is 28.0 Å². The van der Waals surface area contributed by atoms with Crippen molar-refractivity contribution in [2.24, 2.45) is 0 Å². The van der Waals surface area contributed by atoms with Crippen molar-refractivity contribution >= 4 is 5.91 Å². The summed E-state index contributed by atoms with van der Waals surface area (Å²) < 4.78 is 5.99. The first kappa shape index (κ1) is 14.1. The molecule has 1 aromatic rings. The number of carbonyl (C=O) groups excluding carboxylic acids is 1. The molecule has 7 heteroatoms. The molecule has 0 saturated carbocycles. The zero-order valence-corrected chi connectivity index (χ0v) is 12.3. The number of ether oxygens (including phenoxy) is 1. The average molecular weight is 304 g/mol. The van der Waals surface area contributed by atoms with Crippen LogP contribution in [0.3, 0.4) is 0 Å². The lowest BCUT2D eigenvalue weighted by Gasteiger charge is -2.35. The number of amides is 1. The fourth-order valence-electron chi connectivity index (χ4n) is 3.79. The van der Waals surface area contributed by atoms with Crippen molar-refractivity contribution in [3.63, 3.8) is 0 Å². The molecule has 0 unspecified atom stereocenters. The number of hydroxylamine groups is 1. The van der Waals surface area contributed by atoms with Crippen LogP contribution in [-0.4, -0.2) is 58.9 Å². The van der Waals surface area contributed by atoms with Gasteiger partial charge in [-0.3, -0.25) is 19.9 Å². The van der Waals surface area contributed by atoms with Gasteiger partial charge in [-0.15, -0.1) is 0 Å². The Morgan fingerprint density at radius 2 is 2.55 bits per heavy atom. The molecule has 1 amide bonds. The zero-order chi connectivity index (χ0) is 15.2. The van der Waals surface area contributed by atoms with Gasteiger partial charge in [-0.25, -0.2) is 5.48 Å². The second kappa shape index (κ2) is 5.27. The second-order valence-electron chi connectivity index (χ2n) is 6.51. The topological polar surface area (TPSA) is 86.7 Å². The highest BCUT2D eigenvalue weighted by Crippen LogP contribution is 2.33. The molecule has 118 valence electrons. The van der Waals surface area contributed by atoms with E-state index in [9.17, 15) is 4.79 Å². The summed E-state index contributed by atoms with van der Waals surface area (Å²) in [7, 11) is 0. The number of aromatic nitrogens is 1. The summed E-state index contributed by atoms with van der Waals surface area (Å²) in [5.74, 6) is -0.515. The first-order chi connectivity index (χ1) is 10.7. The largest absolute Gasteiger partial charge is 0.371 e. The summed E-state index contributed by atoms with van der Waals surface area (Å²) >= 11 is 0. The summed E-state index contributed by atoms with van der Waals surface area (Å²) in [5.41, 5.74) is 4.12. The molecule has 2 fully saturated rings. The van der Waals surface area contributed by atoms with E-state index < -0.39 is 5.91 Å². The van der Waals surface area contributed by atoms with E-state index in [0.717, 1.165) is 56.9 Å². The maximum absolute atomic E-state index is 11.4. The zero-order valence-electron chi connectivity index (χ0n) is 12.3. The Labute approximate surface area is 128 Å². The van der Waals surface area contributed by atoms with Crippen molar-refractivity contribution in [1.82, 2.24) is 20.7 Å². The van der Waals surface area contributed by atoms with E-state index in [1.54, 1.807) is 5.48 Å². The van der Waals surface area contributed by atoms with Crippen molar-refractivity contribution in [2.45, 2.75) is 31.0 Å². The number of nitrogens with one attached hydrogen (secondary N) is 2. The number of hydrogen-bond acceptors (Lipinski definition) is 6. The highest BCUT2D eigenvalue weighted by molar-refractivity contribution is 5.93. The second-order valence-corrected chi connectivity index (χ2v) is 6.51. The molecule has 2 saturated heterocycles. The molecule has 4 rings (SSSR count). The molecule has 0 aromatic carbocycles. The highest BCUT2D eigenvalue weighted by Gasteiger charge is 2.47. The third kappa shape index (κ3) is 2.40. The number of hydrogen-bond donors (Lipinski definition) is 3. The van der Waals surface area contributed by atoms with Gasteiger partial charge in [-0.2, -0.15) is 0 Å². The van der Waals surface area contributed by atoms with Gasteiger partial charge in [-0.1, -0.05) is 0 Å². The number of rotatable bonds is 3. The quantitative estimate of drug-likeness (QED) is 0.524. The van der Waals surface area contributed by atoms with E-state index in [0.29, 0.717) is 11.6 Å². The first-order valence-corrected chi connectivity index (χ1v) is 7.69. The van der Waals surface area contributed by atoms with Crippen LogP contribution in [-0.2, 0) is 17.7 Å². The SMILES string of the molecule is O=C(NO)c1cnc2c(c1)CCN(C[C@@]13CN[C@@H](CO1)C3)C2. The van der Waals surface area contributed by atoms with Gasteiger partial charge in [-0.05, 0) is 24.5 Å². The third-order valence-corrected chi connectivity index (χ3v) is 4.93. The van der Waals surface area contributed by atoms with Gasteiger partial charge < -0.3 is 10.1 Å². The van der Waals surface area contributed by atoms with Crippen LogP contribution in [0.2, 0.25) is 0 Å². The number of pyridine rings is 1. The number of carbonyl (C=O) groups is 1. The molecule has 2 bridgehead atoms. The molecular formula is C15H20N4O3. The summed E-state index contributed by atoms with van der Waals surface area (Å²) in [6, 6.07) is 2.35. The Balaban J connectivity index is 1.47. The molecule has 3 N–H and O–H groups in total. The van der Waals surface area contributed by atoms with E-state index in [-0.39, 0.29) is 5.60 Å². The minimum absolute atomic E-state index is 0.0289. The molecular weight excluding hydrogens is 284 g/mol. The average Bonchev–Trinajstić information content (AvgIpc) is 3.14. The smallest absolute Gasteiger partial charge is 0.276 e. The molecule has 22 heavy (non-hydrogen) atoms. The van der Waals surface area contributed by atoms with Crippen molar-refractivity contribution in [2.75, 3.05) is 26.2 Å². The van der Waals surface area contributed by atoms with Crippen molar-refractivity contribution in [3.8, 4) is 0 Å². The van der Waals surface area contributed by atoms with Crippen LogP contribution in [0, 0.1) is 0 Å². The Hall–Kier alpha value is -1.54. The highest BCUT2D eigenvalue weighted by atomic mass is 16.5. The van der Waals surface area contributed by atoms with E-state index >= 15 is 0 Å². The lowest BCUT2D eigenvalue weighted by molar-refractivity contribution is -0.0326. The molecule has 0 aliphatic carbocycles. The van der Waals surface area contributed by atoms with Crippen molar-refractivity contribution in [1.29, 1.82) is 0 Å². The monoisotopic (exact) mass is 304 g/mol. The predicted octanol–water partition coefficient (Wildman–Crippen LogP) is -0.310. The predicted molar refractivity (Wildman–Crippen MR) is 77.6 cm³/mol. The van der Waals surface area contributed by atoms with Crippen LogP contribution in [0.15, 0.2) is 12.3 Å². The Morgan fingerprint density at radius 1 is 1.64 bits per heavy atom. The molecule has 3 aliphatic rings. The van der Waals surface area contributed by atoms with Gasteiger partial charge in [0.15, 0.2) is 0 Å². The van der Waals surface area contributed by atoms with Crippen molar-refractivity contribution < 1.29 is 14.7 Å². The van der Waals surface area contributed by atoms with Gasteiger partial charge in [0.05, 0.1) is 23.5 Å². The van der Waals surface area contributed by atoms with Crippen LogP contribution < -0.4 is 10.8 Å². The summed E-state index contributed by atoms with van der Waals surface area (Å²) in [5, 5.41) is 12.2. The molecule has 7 nitrogen and oxygen atoms in total. The summed E-state index contributed by atoms with van der Waals surface area (Å²) in [4.78, 5) is 18.2. The molecule has 0 radical (unpaired) electrons. The summed E-state index contributed by atoms with van der Waals surface area (Å²) in [6.45, 7) is 4.41. The normalized spacial score (nSPS) is 30.3. The van der Waals surface area contributed by atoms with Crippen LogP contribution in [0.25, 0.3) is 0 Å². The van der Waals surface area contributed by atoms with Gasteiger partial charge >= 0.3 is 0 Å². The molecule has 4 heterocycles. The number of fused-ring (bicyclic) bond motifs is 3. The van der Waals surface area contributed by atoms with E-state index in [2.05, 4.69) is 15.2 Å². The van der Waals surface area contributed by atoms with Crippen LogP contribution in [0.5, 0.6) is 0 Å². The van der Waals surface area contributed by atoms with Crippen LogP contribution >= 0.6 is 0 Å². The fourth-order valence-corrected chi connectivity index (χ4v) is 3.79. The lowest BCUT2D eigenvalue weighted by Crippen LogP contribution is -2.49. The standard InChI is InChI=1S/C15H20N4O3/c20-14(18-21)11-3-10-1-2-19(6-13(10)16-5-11)9-15-4-12(7-22-15)17-8-15/h3,5,12,17,21H,1-2,4,6-9H2,(H,18,20)/t12-,15-/m1/s1. The van der Waals surface area contributed by atoms with E-state index in [1.807, 2.05) is 6.07 Å².